The fourth-order valence-corrected chi connectivity index (χ4v) is 3.98. The average molecular weight is 531 g/mol. The van der Waals surface area contributed by atoms with Crippen molar-refractivity contribution in [3.05, 3.63) is 133 Å². The standard InChI is InChI=1S/C13H20O2.C12H22.2C6H6/c1-4-10-15-11-8-6-7-9-13(5-2)12-14-3;1-4-8-11(2)12(3)9-6-5-7-10-12;2*1-2-4-6-5-3-1/h4-9H,1,10-12H2,2-3H3;8H,4-7,9-10H2,1-3H3;2*1-6H/b8-6+,9-7-,13-5+;11-8+;;. The molecule has 39 heavy (non-hydrogen) atoms. The topological polar surface area (TPSA) is 18.5 Å². The van der Waals surface area contributed by atoms with Gasteiger partial charge in [0.2, 0.25) is 0 Å². The highest BCUT2D eigenvalue weighted by atomic mass is 16.5. The molecule has 0 aliphatic heterocycles. The highest BCUT2D eigenvalue weighted by Crippen LogP contribution is 2.41. The van der Waals surface area contributed by atoms with E-state index in [0.717, 1.165) is 5.57 Å². The Morgan fingerprint density at radius 2 is 1.33 bits per heavy atom. The minimum absolute atomic E-state index is 0.550. The van der Waals surface area contributed by atoms with Gasteiger partial charge in [-0.05, 0) is 44.1 Å². The van der Waals surface area contributed by atoms with Crippen LogP contribution in [0.15, 0.2) is 133 Å². The third-order valence-electron chi connectivity index (χ3n) is 6.44. The van der Waals surface area contributed by atoms with E-state index in [1.54, 1.807) is 18.8 Å². The summed E-state index contributed by atoms with van der Waals surface area (Å²) in [6.45, 7) is 14.4. The number of benzene rings is 2. The SMILES string of the molecule is C=CCOC/C=C/C=C\C(=C/C)COC.CC/C=C(\C)C1(C)CCCCC1.c1ccccc1.c1ccccc1. The number of allylic oxidation sites excluding steroid dienone is 5. The lowest BCUT2D eigenvalue weighted by Crippen LogP contribution is -2.21. The van der Waals surface area contributed by atoms with Gasteiger partial charge in [-0.3, -0.25) is 0 Å². The van der Waals surface area contributed by atoms with Crippen molar-refractivity contribution < 1.29 is 9.47 Å². The molecule has 0 saturated heterocycles. The van der Waals surface area contributed by atoms with Crippen molar-refractivity contribution >= 4 is 0 Å². The molecule has 0 amide bonds. The quantitative estimate of drug-likeness (QED) is 0.173. The average Bonchev–Trinajstić information content (AvgIpc) is 2.99. The monoisotopic (exact) mass is 530 g/mol. The molecule has 0 heterocycles. The van der Waals surface area contributed by atoms with E-state index in [2.05, 4.69) is 33.4 Å². The van der Waals surface area contributed by atoms with Gasteiger partial charge < -0.3 is 9.47 Å². The second-order valence-electron chi connectivity index (χ2n) is 9.64. The molecule has 1 fully saturated rings. The number of methoxy groups -OCH3 is 1. The van der Waals surface area contributed by atoms with Crippen LogP contribution in [0.4, 0.5) is 0 Å². The summed E-state index contributed by atoms with van der Waals surface area (Å²) in [5.41, 5.74) is 3.34. The maximum Gasteiger partial charge on any atom is 0.0709 e. The van der Waals surface area contributed by atoms with Crippen LogP contribution >= 0.6 is 0 Å². The van der Waals surface area contributed by atoms with Gasteiger partial charge in [-0.1, -0.05) is 154 Å². The van der Waals surface area contributed by atoms with Crippen LogP contribution in [0.3, 0.4) is 0 Å². The van der Waals surface area contributed by atoms with Crippen molar-refractivity contribution in [1.29, 1.82) is 0 Å². The van der Waals surface area contributed by atoms with E-state index in [1.165, 1.54) is 38.5 Å². The van der Waals surface area contributed by atoms with Crippen molar-refractivity contribution in [3.63, 3.8) is 0 Å². The molecule has 3 rings (SSSR count). The highest BCUT2D eigenvalue weighted by molar-refractivity contribution is 5.22. The third-order valence-corrected chi connectivity index (χ3v) is 6.44. The van der Waals surface area contributed by atoms with Gasteiger partial charge in [0, 0.05) is 7.11 Å². The summed E-state index contributed by atoms with van der Waals surface area (Å²) in [6, 6.07) is 24.0. The molecule has 0 N–H and O–H groups in total. The summed E-state index contributed by atoms with van der Waals surface area (Å²) in [7, 11) is 1.69. The van der Waals surface area contributed by atoms with Gasteiger partial charge >= 0.3 is 0 Å². The Morgan fingerprint density at radius 3 is 1.74 bits per heavy atom. The van der Waals surface area contributed by atoms with Crippen LogP contribution in [-0.4, -0.2) is 26.9 Å². The van der Waals surface area contributed by atoms with E-state index in [1.807, 2.05) is 110 Å². The maximum atomic E-state index is 5.19. The van der Waals surface area contributed by atoms with Gasteiger partial charge in [0.1, 0.15) is 0 Å². The molecule has 214 valence electrons. The number of rotatable bonds is 10. The van der Waals surface area contributed by atoms with E-state index in [-0.39, 0.29) is 0 Å². The van der Waals surface area contributed by atoms with Crippen LogP contribution in [-0.2, 0) is 9.47 Å². The Labute approximate surface area is 240 Å². The molecule has 0 spiro atoms. The summed E-state index contributed by atoms with van der Waals surface area (Å²) in [6.07, 6.45) is 22.4. The van der Waals surface area contributed by atoms with Gasteiger partial charge in [-0.15, -0.1) is 6.58 Å². The maximum absolute atomic E-state index is 5.19. The Hall–Kier alpha value is -2.94. The molecule has 2 heteroatoms. The van der Waals surface area contributed by atoms with Crippen LogP contribution in [0.1, 0.15) is 66.2 Å². The van der Waals surface area contributed by atoms with Gasteiger partial charge in [-0.2, -0.15) is 0 Å². The summed E-state index contributed by atoms with van der Waals surface area (Å²) < 4.78 is 10.2. The largest absolute Gasteiger partial charge is 0.380 e. The molecule has 2 aromatic rings. The molecular weight excluding hydrogens is 476 g/mol. The predicted octanol–water partition coefficient (Wildman–Crippen LogP) is 10.6. The van der Waals surface area contributed by atoms with E-state index in [4.69, 9.17) is 9.47 Å². The zero-order valence-corrected chi connectivity index (χ0v) is 25.4. The molecule has 0 unspecified atom stereocenters. The molecular formula is C37H54O2. The summed E-state index contributed by atoms with van der Waals surface area (Å²) in [5.74, 6) is 0. The van der Waals surface area contributed by atoms with Crippen molar-refractivity contribution in [2.75, 3.05) is 26.9 Å². The number of ether oxygens (including phenoxy) is 2. The normalized spacial score (nSPS) is 14.8. The summed E-state index contributed by atoms with van der Waals surface area (Å²) >= 11 is 0. The first-order valence-corrected chi connectivity index (χ1v) is 14.4. The molecule has 1 aliphatic rings. The first kappa shape index (κ1) is 36.1. The fourth-order valence-electron chi connectivity index (χ4n) is 3.98. The van der Waals surface area contributed by atoms with Crippen LogP contribution in [0, 0.1) is 5.41 Å². The van der Waals surface area contributed by atoms with E-state index in [9.17, 15) is 0 Å². The molecule has 1 saturated carbocycles. The first-order chi connectivity index (χ1) is 19.0. The molecule has 0 atom stereocenters. The molecule has 0 radical (unpaired) electrons. The van der Waals surface area contributed by atoms with Gasteiger partial charge in [0.15, 0.2) is 0 Å². The summed E-state index contributed by atoms with van der Waals surface area (Å²) in [5, 5.41) is 0. The van der Waals surface area contributed by atoms with Gasteiger partial charge in [0.05, 0.1) is 19.8 Å². The Bertz CT molecular complexity index is 816. The smallest absolute Gasteiger partial charge is 0.0709 e. The minimum Gasteiger partial charge on any atom is -0.380 e. The lowest BCUT2D eigenvalue weighted by molar-refractivity contribution is 0.194. The second-order valence-corrected chi connectivity index (χ2v) is 9.64. The van der Waals surface area contributed by atoms with Gasteiger partial charge in [0.25, 0.3) is 0 Å². The van der Waals surface area contributed by atoms with Crippen LogP contribution in [0.2, 0.25) is 0 Å². The Balaban J connectivity index is 0.000000529. The third kappa shape index (κ3) is 21.7. The van der Waals surface area contributed by atoms with Crippen LogP contribution in [0.5, 0.6) is 0 Å². The van der Waals surface area contributed by atoms with Crippen LogP contribution in [0.25, 0.3) is 0 Å². The highest BCUT2D eigenvalue weighted by Gasteiger charge is 2.27. The first-order valence-electron chi connectivity index (χ1n) is 14.4. The summed E-state index contributed by atoms with van der Waals surface area (Å²) in [4.78, 5) is 0. The zero-order chi connectivity index (χ0) is 28.9. The fraction of sp³-hybridized carbons (Fsp3) is 0.405. The van der Waals surface area contributed by atoms with Crippen LogP contribution < -0.4 is 0 Å². The second kappa shape index (κ2) is 26.7. The molecule has 1 aliphatic carbocycles. The molecule has 0 aromatic heterocycles. The van der Waals surface area contributed by atoms with E-state index in [0.29, 0.717) is 25.2 Å². The Kier molecular flexibility index (Phi) is 24.6. The van der Waals surface area contributed by atoms with Gasteiger partial charge in [-0.25, -0.2) is 0 Å². The van der Waals surface area contributed by atoms with E-state index >= 15 is 0 Å². The van der Waals surface area contributed by atoms with Crippen molar-refractivity contribution in [2.24, 2.45) is 5.41 Å². The molecule has 2 nitrogen and oxygen atoms in total. The van der Waals surface area contributed by atoms with E-state index < -0.39 is 0 Å². The molecule has 0 bridgehead atoms. The van der Waals surface area contributed by atoms with Crippen molar-refractivity contribution in [3.8, 4) is 0 Å². The Morgan fingerprint density at radius 1 is 0.821 bits per heavy atom. The number of hydrogen-bond acceptors (Lipinski definition) is 2. The number of hydrogen-bond donors (Lipinski definition) is 0. The lowest BCUT2D eigenvalue weighted by atomic mass is 9.71. The minimum atomic E-state index is 0.550. The molecule has 2 aromatic carbocycles. The lowest BCUT2D eigenvalue weighted by Gasteiger charge is -2.34. The predicted molar refractivity (Wildman–Crippen MR) is 173 cm³/mol. The zero-order valence-electron chi connectivity index (χ0n) is 25.4. The van der Waals surface area contributed by atoms with Crippen molar-refractivity contribution in [1.82, 2.24) is 0 Å². The van der Waals surface area contributed by atoms with Crippen molar-refractivity contribution in [2.45, 2.75) is 66.2 Å².